The number of rotatable bonds is 8. The van der Waals surface area contributed by atoms with E-state index in [-0.39, 0.29) is 17.1 Å². The first-order chi connectivity index (χ1) is 14.6. The molecule has 1 saturated heterocycles. The summed E-state index contributed by atoms with van der Waals surface area (Å²) in [6.07, 6.45) is 4.79. The fourth-order valence-electron chi connectivity index (χ4n) is 2.94. The van der Waals surface area contributed by atoms with Gasteiger partial charge in [-0.25, -0.2) is 4.39 Å². The molecule has 0 saturated carbocycles. The zero-order valence-electron chi connectivity index (χ0n) is 19.2. The van der Waals surface area contributed by atoms with Gasteiger partial charge in [0.15, 0.2) is 6.29 Å². The summed E-state index contributed by atoms with van der Waals surface area (Å²) in [6, 6.07) is 8.40. The van der Waals surface area contributed by atoms with E-state index >= 15 is 0 Å². The number of benzene rings is 1. The number of pyridine rings is 1. The van der Waals surface area contributed by atoms with Crippen LogP contribution in [0.1, 0.15) is 51.3 Å². The van der Waals surface area contributed by atoms with Crippen molar-refractivity contribution in [3.63, 3.8) is 0 Å². The van der Waals surface area contributed by atoms with Gasteiger partial charge in [-0.1, -0.05) is 26.8 Å². The summed E-state index contributed by atoms with van der Waals surface area (Å²) in [5.74, 6) is 0.578. The van der Waals surface area contributed by atoms with Gasteiger partial charge in [0.05, 0.1) is 12.3 Å². The van der Waals surface area contributed by atoms with Crippen LogP contribution in [-0.4, -0.2) is 26.2 Å². The van der Waals surface area contributed by atoms with E-state index in [1.54, 1.807) is 12.3 Å². The van der Waals surface area contributed by atoms with Crippen molar-refractivity contribution in [3.05, 3.63) is 53.6 Å². The third-order valence-electron chi connectivity index (χ3n) is 5.87. The van der Waals surface area contributed by atoms with Gasteiger partial charge in [0.2, 0.25) is 8.32 Å². The molecule has 1 aliphatic rings. The predicted octanol–water partition coefficient (Wildman–Crippen LogP) is 6.23. The molecule has 1 fully saturated rings. The summed E-state index contributed by atoms with van der Waals surface area (Å²) in [6.45, 7) is 12.2. The van der Waals surface area contributed by atoms with Gasteiger partial charge in [-0.3, -0.25) is 4.98 Å². The molecule has 7 heteroatoms. The number of nitrogens with zero attached hydrogens (tertiary/aromatic N) is 1. The van der Waals surface area contributed by atoms with E-state index in [0.29, 0.717) is 24.7 Å². The first-order valence-corrected chi connectivity index (χ1v) is 13.8. The van der Waals surface area contributed by atoms with E-state index in [2.05, 4.69) is 38.8 Å². The van der Waals surface area contributed by atoms with Crippen LogP contribution in [0.4, 0.5) is 4.39 Å². The van der Waals surface area contributed by atoms with Crippen LogP contribution in [0.2, 0.25) is 18.1 Å². The highest BCUT2D eigenvalue weighted by Gasteiger charge is 2.39. The van der Waals surface area contributed by atoms with Gasteiger partial charge in [-0.15, -0.1) is 0 Å². The number of hydrogen-bond donors (Lipinski definition) is 0. The lowest BCUT2D eigenvalue weighted by molar-refractivity contribution is -0.169. The third kappa shape index (κ3) is 7.02. The normalized spacial score (nSPS) is 17.4. The SMILES string of the molecule is CC(C)(C)[Si](C)(C)Oc1cc(F)cc(OCc2ccc(COC3CCCCO3)nc2)c1. The minimum absolute atomic E-state index is 0.0284. The Balaban J connectivity index is 1.55. The van der Waals surface area contributed by atoms with E-state index in [1.165, 1.54) is 12.1 Å². The van der Waals surface area contributed by atoms with E-state index in [9.17, 15) is 4.39 Å². The van der Waals surface area contributed by atoms with Crippen LogP contribution in [0.3, 0.4) is 0 Å². The fraction of sp³-hybridized carbons (Fsp3) is 0.542. The molecule has 3 rings (SSSR count). The van der Waals surface area contributed by atoms with Crippen molar-refractivity contribution in [1.29, 1.82) is 0 Å². The first-order valence-electron chi connectivity index (χ1n) is 10.9. The number of halogens is 1. The van der Waals surface area contributed by atoms with Crippen molar-refractivity contribution >= 4 is 8.32 Å². The maximum Gasteiger partial charge on any atom is 0.250 e. The molecule has 1 aromatic heterocycles. The minimum atomic E-state index is -2.06. The van der Waals surface area contributed by atoms with E-state index < -0.39 is 8.32 Å². The Bertz CT molecular complexity index is 846. The molecule has 1 unspecified atom stereocenters. The standard InChI is InChI=1S/C24H34FNO4Si/c1-24(2,3)31(4,5)30-22-13-19(25)12-21(14-22)28-16-18-9-10-20(26-15-18)17-29-23-8-6-7-11-27-23/h9-10,12-15,23H,6-8,11,16-17H2,1-5H3. The monoisotopic (exact) mass is 447 g/mol. The van der Waals surface area contributed by atoms with Gasteiger partial charge in [0.25, 0.3) is 0 Å². The van der Waals surface area contributed by atoms with E-state index in [0.717, 1.165) is 37.1 Å². The highest BCUT2D eigenvalue weighted by atomic mass is 28.4. The summed E-state index contributed by atoms with van der Waals surface area (Å²) in [7, 11) is -2.06. The fourth-order valence-corrected chi connectivity index (χ4v) is 3.95. The van der Waals surface area contributed by atoms with Gasteiger partial charge in [-0.05, 0) is 43.5 Å². The van der Waals surface area contributed by atoms with Crippen molar-refractivity contribution in [3.8, 4) is 11.5 Å². The lowest BCUT2D eigenvalue weighted by atomic mass is 10.2. The van der Waals surface area contributed by atoms with Crippen LogP contribution in [0, 0.1) is 5.82 Å². The van der Waals surface area contributed by atoms with Gasteiger partial charge >= 0.3 is 0 Å². The molecule has 1 aliphatic heterocycles. The quantitative estimate of drug-likeness (QED) is 0.449. The second-order valence-electron chi connectivity index (χ2n) is 9.54. The Morgan fingerprint density at radius 3 is 2.52 bits per heavy atom. The summed E-state index contributed by atoms with van der Waals surface area (Å²) in [4.78, 5) is 4.43. The molecule has 1 atom stereocenters. The molecule has 0 bridgehead atoms. The summed E-state index contributed by atoms with van der Waals surface area (Å²) >= 11 is 0. The number of ether oxygens (including phenoxy) is 3. The summed E-state index contributed by atoms with van der Waals surface area (Å²) in [5, 5.41) is 0.0284. The molecule has 5 nitrogen and oxygen atoms in total. The Kier molecular flexibility index (Phi) is 7.72. The Morgan fingerprint density at radius 2 is 1.87 bits per heavy atom. The van der Waals surface area contributed by atoms with Crippen LogP contribution >= 0.6 is 0 Å². The predicted molar refractivity (Wildman–Crippen MR) is 121 cm³/mol. The van der Waals surface area contributed by atoms with Crippen molar-refractivity contribution in [2.24, 2.45) is 0 Å². The zero-order chi connectivity index (χ0) is 22.5. The molecule has 1 aromatic carbocycles. The van der Waals surface area contributed by atoms with Gasteiger partial charge in [-0.2, -0.15) is 0 Å². The first kappa shape index (κ1) is 23.7. The van der Waals surface area contributed by atoms with E-state index in [4.69, 9.17) is 18.6 Å². The maximum absolute atomic E-state index is 14.1. The Labute approximate surface area is 186 Å². The largest absolute Gasteiger partial charge is 0.543 e. The maximum atomic E-state index is 14.1. The lowest BCUT2D eigenvalue weighted by Gasteiger charge is -2.36. The Hall–Kier alpha value is -1.96. The van der Waals surface area contributed by atoms with Crippen molar-refractivity contribution in [1.82, 2.24) is 4.98 Å². The average molecular weight is 448 g/mol. The van der Waals surface area contributed by atoms with Crippen LogP contribution in [0.5, 0.6) is 11.5 Å². The van der Waals surface area contributed by atoms with Crippen molar-refractivity contribution in [2.75, 3.05) is 6.61 Å². The van der Waals surface area contributed by atoms with Crippen molar-refractivity contribution < 1.29 is 23.0 Å². The second kappa shape index (κ2) is 10.1. The highest BCUT2D eigenvalue weighted by Crippen LogP contribution is 2.38. The third-order valence-corrected chi connectivity index (χ3v) is 10.2. The summed E-state index contributed by atoms with van der Waals surface area (Å²) in [5.41, 5.74) is 1.74. The van der Waals surface area contributed by atoms with Crippen LogP contribution in [-0.2, 0) is 22.7 Å². The van der Waals surface area contributed by atoms with Gasteiger partial charge in [0.1, 0.15) is 23.9 Å². The smallest absolute Gasteiger partial charge is 0.250 e. The van der Waals surface area contributed by atoms with E-state index in [1.807, 2.05) is 12.1 Å². The molecule has 170 valence electrons. The molecule has 0 N–H and O–H groups in total. The molecule has 0 spiro atoms. The van der Waals surface area contributed by atoms with Crippen LogP contribution in [0.15, 0.2) is 36.5 Å². The highest BCUT2D eigenvalue weighted by molar-refractivity contribution is 6.74. The second-order valence-corrected chi connectivity index (χ2v) is 14.3. The molecule has 2 heterocycles. The Morgan fingerprint density at radius 1 is 1.10 bits per heavy atom. The minimum Gasteiger partial charge on any atom is -0.543 e. The molecular formula is C24H34FNO4Si. The lowest BCUT2D eigenvalue weighted by Crippen LogP contribution is -2.43. The number of aromatic nitrogens is 1. The average Bonchev–Trinajstić information content (AvgIpc) is 2.71. The molecule has 31 heavy (non-hydrogen) atoms. The zero-order valence-corrected chi connectivity index (χ0v) is 20.2. The van der Waals surface area contributed by atoms with Crippen molar-refractivity contribution in [2.45, 2.75) is 77.7 Å². The molecular weight excluding hydrogens is 413 g/mol. The molecule has 0 amide bonds. The molecule has 0 aliphatic carbocycles. The summed E-state index contributed by atoms with van der Waals surface area (Å²) < 4.78 is 37.5. The van der Waals surface area contributed by atoms with Gasteiger partial charge < -0.3 is 18.6 Å². The molecule has 0 radical (unpaired) electrons. The topological polar surface area (TPSA) is 49.8 Å². The molecule has 2 aromatic rings. The number of hydrogen-bond acceptors (Lipinski definition) is 5. The van der Waals surface area contributed by atoms with Crippen LogP contribution < -0.4 is 9.16 Å². The van der Waals surface area contributed by atoms with Gasteiger partial charge in [0, 0.05) is 36.6 Å². The van der Waals surface area contributed by atoms with Crippen LogP contribution in [0.25, 0.3) is 0 Å².